The van der Waals surface area contributed by atoms with Crippen LogP contribution in [-0.4, -0.2) is 42.5 Å². The molecular weight excluding hydrogens is 476 g/mol. The zero-order valence-electron chi connectivity index (χ0n) is 21.3. The van der Waals surface area contributed by atoms with E-state index in [1.165, 1.54) is 0 Å². The summed E-state index contributed by atoms with van der Waals surface area (Å²) in [5, 5.41) is 3.65. The second-order valence-electron chi connectivity index (χ2n) is 10.6. The number of carbonyl (C=O) groups excluding carboxylic acids is 2. The van der Waals surface area contributed by atoms with Gasteiger partial charge in [-0.05, 0) is 92.8 Å². The van der Waals surface area contributed by atoms with E-state index in [9.17, 15) is 9.59 Å². The first kappa shape index (κ1) is 24.9. The van der Waals surface area contributed by atoms with Gasteiger partial charge in [0.15, 0.2) is 11.5 Å². The topological polar surface area (TPSA) is 67.9 Å². The molecule has 0 radical (unpaired) electrons. The molecule has 5 rings (SSSR count). The summed E-state index contributed by atoms with van der Waals surface area (Å²) in [7, 11) is 1.63. The van der Waals surface area contributed by atoms with E-state index >= 15 is 0 Å². The van der Waals surface area contributed by atoms with E-state index in [1.807, 2.05) is 44.2 Å². The van der Waals surface area contributed by atoms with E-state index < -0.39 is 0 Å². The van der Waals surface area contributed by atoms with Crippen molar-refractivity contribution in [3.05, 3.63) is 58.1 Å². The van der Waals surface area contributed by atoms with Gasteiger partial charge in [-0.25, -0.2) is 0 Å². The van der Waals surface area contributed by atoms with Gasteiger partial charge in [-0.15, -0.1) is 0 Å². The summed E-state index contributed by atoms with van der Waals surface area (Å²) < 4.78 is 11.7. The standard InChI is InChI=1S/C29H35ClN2O4/c1-17(2)36-26-16-24-20(14-25(26)35-3)15-27(33)32(28(24)19-4-8-21(30)9-5-19)22-10-6-18(7-11-22)23-12-13-31-29(23)34/h4-5,8-9,14,16-18,22-23,28H,6-7,10-13,15H2,1-3H3,(H,31,34). The lowest BCUT2D eigenvalue weighted by molar-refractivity contribution is -0.137. The molecule has 2 aromatic carbocycles. The normalized spacial score (nSPS) is 26.1. The minimum atomic E-state index is -0.227. The number of nitrogens with zero attached hydrogens (tertiary/aromatic N) is 1. The molecule has 6 nitrogen and oxygen atoms in total. The third-order valence-electron chi connectivity index (χ3n) is 7.97. The van der Waals surface area contributed by atoms with Crippen LogP contribution in [0, 0.1) is 11.8 Å². The monoisotopic (exact) mass is 510 g/mol. The summed E-state index contributed by atoms with van der Waals surface area (Å²) in [4.78, 5) is 28.1. The van der Waals surface area contributed by atoms with Crippen LogP contribution < -0.4 is 14.8 Å². The zero-order valence-corrected chi connectivity index (χ0v) is 22.0. The van der Waals surface area contributed by atoms with Crippen LogP contribution in [0.3, 0.4) is 0 Å². The second kappa shape index (κ2) is 10.3. The predicted molar refractivity (Wildman–Crippen MR) is 139 cm³/mol. The van der Waals surface area contributed by atoms with Gasteiger partial charge in [0, 0.05) is 23.5 Å². The molecule has 1 saturated heterocycles. The summed E-state index contributed by atoms with van der Waals surface area (Å²) in [6.45, 7) is 4.77. The van der Waals surface area contributed by atoms with Gasteiger partial charge >= 0.3 is 0 Å². The van der Waals surface area contributed by atoms with Gasteiger partial charge < -0.3 is 19.7 Å². The highest BCUT2D eigenvalue weighted by Gasteiger charge is 2.42. The van der Waals surface area contributed by atoms with Crippen LogP contribution in [0.2, 0.25) is 5.02 Å². The Hall–Kier alpha value is -2.73. The Labute approximate surface area is 218 Å². The van der Waals surface area contributed by atoms with Crippen molar-refractivity contribution in [3.63, 3.8) is 0 Å². The van der Waals surface area contributed by atoms with Crippen molar-refractivity contribution in [2.45, 2.75) is 70.6 Å². The molecule has 2 fully saturated rings. The first-order chi connectivity index (χ1) is 17.4. The molecule has 0 spiro atoms. The fourth-order valence-corrected chi connectivity index (χ4v) is 6.45. The van der Waals surface area contributed by atoms with Crippen molar-refractivity contribution >= 4 is 23.4 Å². The second-order valence-corrected chi connectivity index (χ2v) is 11.0. The molecule has 2 heterocycles. The molecule has 0 bridgehead atoms. The molecule has 192 valence electrons. The number of halogens is 1. The molecule has 2 amide bonds. The Balaban J connectivity index is 1.50. The maximum Gasteiger partial charge on any atom is 0.228 e. The Morgan fingerprint density at radius 2 is 1.72 bits per heavy atom. The smallest absolute Gasteiger partial charge is 0.228 e. The van der Waals surface area contributed by atoms with Crippen molar-refractivity contribution in [1.82, 2.24) is 10.2 Å². The van der Waals surface area contributed by atoms with Gasteiger partial charge in [0.05, 0.1) is 25.7 Å². The maximum atomic E-state index is 13.7. The SMILES string of the molecule is COc1cc2c(cc1OC(C)C)C(c1ccc(Cl)cc1)N(C1CCC(C3CCNC3=O)CC1)C(=O)C2. The fraction of sp³-hybridized carbons (Fsp3) is 0.517. The van der Waals surface area contributed by atoms with Crippen LogP contribution in [0.4, 0.5) is 0 Å². The highest BCUT2D eigenvalue weighted by Crippen LogP contribution is 2.45. The summed E-state index contributed by atoms with van der Waals surface area (Å²) in [5.41, 5.74) is 3.08. The van der Waals surface area contributed by atoms with Gasteiger partial charge in [-0.3, -0.25) is 9.59 Å². The number of ether oxygens (including phenoxy) is 2. The summed E-state index contributed by atoms with van der Waals surface area (Å²) >= 11 is 6.23. The van der Waals surface area contributed by atoms with E-state index in [1.54, 1.807) is 7.11 Å². The molecule has 0 aromatic heterocycles. The lowest BCUT2D eigenvalue weighted by Gasteiger charge is -2.45. The molecule has 3 aliphatic rings. The first-order valence-corrected chi connectivity index (χ1v) is 13.4. The molecule has 1 aliphatic carbocycles. The van der Waals surface area contributed by atoms with E-state index in [2.05, 4.69) is 16.3 Å². The van der Waals surface area contributed by atoms with Gasteiger partial charge in [0.25, 0.3) is 0 Å². The van der Waals surface area contributed by atoms with Gasteiger partial charge in [0.1, 0.15) is 0 Å². The van der Waals surface area contributed by atoms with Gasteiger partial charge in [0.2, 0.25) is 11.8 Å². The van der Waals surface area contributed by atoms with E-state index in [0.717, 1.165) is 55.3 Å². The third kappa shape index (κ3) is 4.80. The van der Waals surface area contributed by atoms with Crippen LogP contribution in [0.15, 0.2) is 36.4 Å². The van der Waals surface area contributed by atoms with Crippen molar-refractivity contribution in [3.8, 4) is 11.5 Å². The summed E-state index contributed by atoms with van der Waals surface area (Å²) in [6.07, 6.45) is 5.01. The minimum absolute atomic E-state index is 0.00433. The van der Waals surface area contributed by atoms with Crippen LogP contribution in [0.25, 0.3) is 0 Å². The maximum absolute atomic E-state index is 13.7. The lowest BCUT2D eigenvalue weighted by atomic mass is 9.76. The highest BCUT2D eigenvalue weighted by atomic mass is 35.5. The number of hydrogen-bond donors (Lipinski definition) is 1. The number of methoxy groups -OCH3 is 1. The third-order valence-corrected chi connectivity index (χ3v) is 8.22. The molecule has 2 aromatic rings. The Bertz CT molecular complexity index is 1120. The van der Waals surface area contributed by atoms with Crippen molar-refractivity contribution in [2.24, 2.45) is 11.8 Å². The number of rotatable bonds is 6. The number of nitrogens with one attached hydrogen (secondary N) is 1. The van der Waals surface area contributed by atoms with Gasteiger partial charge in [-0.2, -0.15) is 0 Å². The van der Waals surface area contributed by atoms with Crippen LogP contribution in [0.5, 0.6) is 11.5 Å². The number of hydrogen-bond acceptors (Lipinski definition) is 4. The highest BCUT2D eigenvalue weighted by molar-refractivity contribution is 6.30. The molecule has 1 N–H and O–H groups in total. The minimum Gasteiger partial charge on any atom is -0.493 e. The Morgan fingerprint density at radius 1 is 1.00 bits per heavy atom. The molecule has 2 unspecified atom stereocenters. The quantitative estimate of drug-likeness (QED) is 0.572. The molecule has 2 aliphatic heterocycles. The van der Waals surface area contributed by atoms with Crippen molar-refractivity contribution < 1.29 is 19.1 Å². The first-order valence-electron chi connectivity index (χ1n) is 13.1. The molecule has 1 saturated carbocycles. The van der Waals surface area contributed by atoms with E-state index in [0.29, 0.717) is 28.9 Å². The Kier molecular flexibility index (Phi) is 7.16. The molecule has 7 heteroatoms. The molecule has 2 atom stereocenters. The predicted octanol–water partition coefficient (Wildman–Crippen LogP) is 5.30. The lowest BCUT2D eigenvalue weighted by Crippen LogP contribution is -2.48. The molecule has 36 heavy (non-hydrogen) atoms. The van der Waals surface area contributed by atoms with Crippen LogP contribution in [0.1, 0.15) is 68.7 Å². The summed E-state index contributed by atoms with van der Waals surface area (Å²) in [6, 6.07) is 11.7. The van der Waals surface area contributed by atoms with Crippen LogP contribution >= 0.6 is 11.6 Å². The van der Waals surface area contributed by atoms with E-state index in [4.69, 9.17) is 21.1 Å². The van der Waals surface area contributed by atoms with Crippen LogP contribution in [-0.2, 0) is 16.0 Å². The summed E-state index contributed by atoms with van der Waals surface area (Å²) in [5.74, 6) is 2.19. The number of benzene rings is 2. The van der Waals surface area contributed by atoms with E-state index in [-0.39, 0.29) is 35.9 Å². The van der Waals surface area contributed by atoms with Gasteiger partial charge in [-0.1, -0.05) is 23.7 Å². The molecular formula is C29H35ClN2O4. The zero-order chi connectivity index (χ0) is 25.4. The van der Waals surface area contributed by atoms with Crippen molar-refractivity contribution in [2.75, 3.05) is 13.7 Å². The van der Waals surface area contributed by atoms with Crippen molar-refractivity contribution in [1.29, 1.82) is 0 Å². The average Bonchev–Trinajstić information content (AvgIpc) is 3.29. The largest absolute Gasteiger partial charge is 0.493 e. The number of fused-ring (bicyclic) bond motifs is 1. The number of carbonyl (C=O) groups is 2. The average molecular weight is 511 g/mol. The Morgan fingerprint density at radius 3 is 2.33 bits per heavy atom. The number of amides is 2. The fourth-order valence-electron chi connectivity index (χ4n) is 6.32.